The zero-order valence-electron chi connectivity index (χ0n) is 17.2. The van der Waals surface area contributed by atoms with Crippen LogP contribution < -0.4 is 10.1 Å². The van der Waals surface area contributed by atoms with Gasteiger partial charge in [-0.05, 0) is 75.1 Å². The zero-order chi connectivity index (χ0) is 21.7. The standard InChI is InChI=1S/C23H26ClFN2O3/c1-15(2)26-22(28)17-3-6-19(7-4-17)30-14-16-9-11-27(12-10-16)23(29)20-8-5-18(25)13-21(20)24/h3-8,13,15-16H,9-12,14H2,1-2H3,(H,26,28). The number of piperidine rings is 1. The molecule has 0 radical (unpaired) electrons. The SMILES string of the molecule is CC(C)NC(=O)c1ccc(OCC2CCN(C(=O)c3ccc(F)cc3Cl)CC2)cc1. The Morgan fingerprint density at radius 1 is 1.17 bits per heavy atom. The largest absolute Gasteiger partial charge is 0.493 e. The summed E-state index contributed by atoms with van der Waals surface area (Å²) >= 11 is 6.01. The molecule has 0 unspecified atom stereocenters. The number of hydrogen-bond acceptors (Lipinski definition) is 3. The molecule has 1 fully saturated rings. The summed E-state index contributed by atoms with van der Waals surface area (Å²) in [5, 5.41) is 2.99. The van der Waals surface area contributed by atoms with Crippen LogP contribution in [-0.2, 0) is 0 Å². The highest BCUT2D eigenvalue weighted by Gasteiger charge is 2.25. The molecule has 1 N–H and O–H groups in total. The Bertz CT molecular complexity index is 894. The van der Waals surface area contributed by atoms with Crippen molar-refractivity contribution in [3.05, 3.63) is 64.4 Å². The van der Waals surface area contributed by atoms with E-state index in [1.54, 1.807) is 29.2 Å². The molecule has 0 spiro atoms. The minimum absolute atomic E-state index is 0.0882. The fourth-order valence-corrected chi connectivity index (χ4v) is 3.65. The molecule has 0 bridgehead atoms. The second-order valence-corrected chi connectivity index (χ2v) is 8.23. The van der Waals surface area contributed by atoms with Gasteiger partial charge in [0.05, 0.1) is 17.2 Å². The highest BCUT2D eigenvalue weighted by molar-refractivity contribution is 6.33. The molecule has 7 heteroatoms. The molecule has 5 nitrogen and oxygen atoms in total. The van der Waals surface area contributed by atoms with Gasteiger partial charge in [0.1, 0.15) is 11.6 Å². The number of benzene rings is 2. The van der Waals surface area contributed by atoms with Gasteiger partial charge < -0.3 is 15.0 Å². The monoisotopic (exact) mass is 432 g/mol. The van der Waals surface area contributed by atoms with E-state index in [0.29, 0.717) is 42.5 Å². The molecule has 2 aromatic carbocycles. The first-order valence-electron chi connectivity index (χ1n) is 10.1. The number of ether oxygens (including phenoxy) is 1. The molecule has 2 aromatic rings. The van der Waals surface area contributed by atoms with E-state index in [9.17, 15) is 14.0 Å². The summed E-state index contributed by atoms with van der Waals surface area (Å²) < 4.78 is 19.1. The maximum Gasteiger partial charge on any atom is 0.255 e. The summed E-state index contributed by atoms with van der Waals surface area (Å²) in [7, 11) is 0. The Labute approximate surface area is 181 Å². The van der Waals surface area contributed by atoms with Crippen LogP contribution in [0.3, 0.4) is 0 Å². The third kappa shape index (κ3) is 5.72. The van der Waals surface area contributed by atoms with Crippen LogP contribution in [0.5, 0.6) is 5.75 Å². The van der Waals surface area contributed by atoms with E-state index in [1.165, 1.54) is 12.1 Å². The molecule has 160 valence electrons. The molecule has 0 aliphatic carbocycles. The van der Waals surface area contributed by atoms with Crippen molar-refractivity contribution in [2.75, 3.05) is 19.7 Å². The highest BCUT2D eigenvalue weighted by Crippen LogP contribution is 2.24. The van der Waals surface area contributed by atoms with E-state index >= 15 is 0 Å². The lowest BCUT2D eigenvalue weighted by molar-refractivity contribution is 0.0661. The Morgan fingerprint density at radius 2 is 1.83 bits per heavy atom. The van der Waals surface area contributed by atoms with E-state index in [2.05, 4.69) is 5.32 Å². The Morgan fingerprint density at radius 3 is 2.43 bits per heavy atom. The number of amides is 2. The first kappa shape index (κ1) is 22.1. The van der Waals surface area contributed by atoms with Crippen molar-refractivity contribution in [1.29, 1.82) is 0 Å². The second kappa shape index (κ2) is 9.94. The van der Waals surface area contributed by atoms with Gasteiger partial charge in [0.25, 0.3) is 11.8 Å². The predicted octanol–water partition coefficient (Wildman–Crippen LogP) is 4.55. The van der Waals surface area contributed by atoms with Crippen LogP contribution in [-0.4, -0.2) is 42.5 Å². The van der Waals surface area contributed by atoms with Crippen molar-refractivity contribution in [3.63, 3.8) is 0 Å². The van der Waals surface area contributed by atoms with E-state index in [4.69, 9.17) is 16.3 Å². The summed E-state index contributed by atoms with van der Waals surface area (Å²) in [6.45, 7) is 5.60. The van der Waals surface area contributed by atoms with Crippen molar-refractivity contribution in [1.82, 2.24) is 10.2 Å². The van der Waals surface area contributed by atoms with Crippen molar-refractivity contribution < 1.29 is 18.7 Å². The van der Waals surface area contributed by atoms with Gasteiger partial charge in [0, 0.05) is 24.7 Å². The molecule has 1 aliphatic rings. The van der Waals surface area contributed by atoms with Crippen LogP contribution in [0.25, 0.3) is 0 Å². The van der Waals surface area contributed by atoms with Gasteiger partial charge in [-0.25, -0.2) is 4.39 Å². The van der Waals surface area contributed by atoms with Crippen molar-refractivity contribution in [2.45, 2.75) is 32.7 Å². The molecular weight excluding hydrogens is 407 g/mol. The van der Waals surface area contributed by atoms with Gasteiger partial charge >= 0.3 is 0 Å². The minimum atomic E-state index is -0.457. The maximum atomic E-state index is 13.2. The number of nitrogens with zero attached hydrogens (tertiary/aromatic N) is 1. The average Bonchev–Trinajstić information content (AvgIpc) is 2.72. The maximum absolute atomic E-state index is 13.2. The van der Waals surface area contributed by atoms with Crippen molar-refractivity contribution in [3.8, 4) is 5.75 Å². The predicted molar refractivity (Wildman–Crippen MR) is 115 cm³/mol. The molecule has 1 aliphatic heterocycles. The summed E-state index contributed by atoms with van der Waals surface area (Å²) in [4.78, 5) is 26.4. The second-order valence-electron chi connectivity index (χ2n) is 7.82. The molecular formula is C23H26ClFN2O3. The van der Waals surface area contributed by atoms with Gasteiger partial charge in [0.15, 0.2) is 0 Å². The molecule has 1 saturated heterocycles. The van der Waals surface area contributed by atoms with Crippen LogP contribution in [0.2, 0.25) is 5.02 Å². The first-order valence-corrected chi connectivity index (χ1v) is 10.5. The summed E-state index contributed by atoms with van der Waals surface area (Å²) in [5.41, 5.74) is 0.927. The van der Waals surface area contributed by atoms with Crippen molar-refractivity contribution >= 4 is 23.4 Å². The van der Waals surface area contributed by atoms with E-state index < -0.39 is 5.82 Å². The van der Waals surface area contributed by atoms with Crippen molar-refractivity contribution in [2.24, 2.45) is 5.92 Å². The number of nitrogens with one attached hydrogen (secondary N) is 1. The van der Waals surface area contributed by atoms with Crippen LogP contribution in [0.1, 0.15) is 47.4 Å². The third-order valence-corrected chi connectivity index (χ3v) is 5.40. The van der Waals surface area contributed by atoms with Crippen LogP contribution in [0, 0.1) is 11.7 Å². The smallest absolute Gasteiger partial charge is 0.255 e. The lowest BCUT2D eigenvalue weighted by Crippen LogP contribution is -2.39. The van der Waals surface area contributed by atoms with Gasteiger partial charge in [0.2, 0.25) is 0 Å². The normalized spacial score (nSPS) is 14.6. The Kier molecular flexibility index (Phi) is 7.32. The molecule has 0 aromatic heterocycles. The molecule has 30 heavy (non-hydrogen) atoms. The number of carbonyl (C=O) groups excluding carboxylic acids is 2. The molecule has 0 saturated carbocycles. The fourth-order valence-electron chi connectivity index (χ4n) is 3.40. The first-order chi connectivity index (χ1) is 14.3. The average molecular weight is 433 g/mol. The van der Waals surface area contributed by atoms with Gasteiger partial charge in [-0.3, -0.25) is 9.59 Å². The van der Waals surface area contributed by atoms with E-state index in [-0.39, 0.29) is 22.9 Å². The lowest BCUT2D eigenvalue weighted by Gasteiger charge is -2.32. The van der Waals surface area contributed by atoms with E-state index in [0.717, 1.165) is 18.9 Å². The summed E-state index contributed by atoms with van der Waals surface area (Å²) in [6, 6.07) is 11.0. The molecule has 0 atom stereocenters. The number of hydrogen-bond donors (Lipinski definition) is 1. The van der Waals surface area contributed by atoms with Gasteiger partial charge in [-0.2, -0.15) is 0 Å². The lowest BCUT2D eigenvalue weighted by atomic mass is 9.97. The molecule has 1 heterocycles. The zero-order valence-corrected chi connectivity index (χ0v) is 17.9. The van der Waals surface area contributed by atoms with Gasteiger partial charge in [-0.1, -0.05) is 11.6 Å². The number of likely N-dealkylation sites (tertiary alicyclic amines) is 1. The Balaban J connectivity index is 1.47. The highest BCUT2D eigenvalue weighted by atomic mass is 35.5. The number of carbonyl (C=O) groups is 2. The third-order valence-electron chi connectivity index (χ3n) is 5.09. The number of halogens is 2. The topological polar surface area (TPSA) is 58.6 Å². The summed E-state index contributed by atoms with van der Waals surface area (Å²) in [5.74, 6) is 0.319. The van der Waals surface area contributed by atoms with E-state index in [1.807, 2.05) is 13.8 Å². The number of rotatable bonds is 6. The van der Waals surface area contributed by atoms with Crippen LogP contribution >= 0.6 is 11.6 Å². The minimum Gasteiger partial charge on any atom is -0.493 e. The summed E-state index contributed by atoms with van der Waals surface area (Å²) in [6.07, 6.45) is 1.64. The van der Waals surface area contributed by atoms with Crippen LogP contribution in [0.4, 0.5) is 4.39 Å². The van der Waals surface area contributed by atoms with Crippen LogP contribution in [0.15, 0.2) is 42.5 Å². The quantitative estimate of drug-likeness (QED) is 0.728. The van der Waals surface area contributed by atoms with Gasteiger partial charge in [-0.15, -0.1) is 0 Å². The molecule has 3 rings (SSSR count). The fraction of sp³-hybridized carbons (Fsp3) is 0.391. The Hall–Kier alpha value is -2.60. The molecule has 2 amide bonds.